The maximum Gasteiger partial charge on any atom is 0.272 e. The van der Waals surface area contributed by atoms with Crippen LogP contribution in [0.3, 0.4) is 0 Å². The average molecular weight is 373 g/mol. The summed E-state index contributed by atoms with van der Waals surface area (Å²) in [4.78, 5) is 12.5. The molecular formula is C22H23N5O. The van der Waals surface area contributed by atoms with Crippen molar-refractivity contribution in [3.8, 4) is 5.69 Å². The summed E-state index contributed by atoms with van der Waals surface area (Å²) in [6.45, 7) is 4.62. The van der Waals surface area contributed by atoms with E-state index in [0.29, 0.717) is 12.2 Å². The number of H-pyrrole nitrogens is 1. The molecule has 0 spiro atoms. The first-order valence-corrected chi connectivity index (χ1v) is 9.45. The van der Waals surface area contributed by atoms with Crippen LogP contribution in [0.25, 0.3) is 16.6 Å². The first-order valence-electron chi connectivity index (χ1n) is 9.45. The second kappa shape index (κ2) is 7.68. The van der Waals surface area contributed by atoms with Crippen LogP contribution < -0.4 is 5.32 Å². The molecule has 0 saturated heterocycles. The minimum absolute atomic E-state index is 0.145. The van der Waals surface area contributed by atoms with Crippen LogP contribution in [0.1, 0.15) is 33.7 Å². The monoisotopic (exact) mass is 373 g/mol. The van der Waals surface area contributed by atoms with Crippen LogP contribution in [0.2, 0.25) is 0 Å². The quantitative estimate of drug-likeness (QED) is 0.506. The minimum Gasteiger partial charge on any atom is -0.351 e. The van der Waals surface area contributed by atoms with Crippen LogP contribution in [0.15, 0.2) is 54.7 Å². The lowest BCUT2D eigenvalue weighted by atomic mass is 10.1. The van der Waals surface area contributed by atoms with Crippen molar-refractivity contribution in [2.45, 2.75) is 26.7 Å². The summed E-state index contributed by atoms with van der Waals surface area (Å²) in [6.07, 6.45) is 3.77. The summed E-state index contributed by atoms with van der Waals surface area (Å²) in [5, 5.41) is 15.5. The number of carbonyl (C=O) groups excluding carboxylic acids is 1. The lowest BCUT2D eigenvalue weighted by molar-refractivity contribution is 0.0950. The highest BCUT2D eigenvalue weighted by Gasteiger charge is 2.14. The Kier molecular flexibility index (Phi) is 4.93. The molecule has 0 saturated carbocycles. The number of nitrogens with one attached hydrogen (secondary N) is 2. The van der Waals surface area contributed by atoms with Crippen molar-refractivity contribution in [3.63, 3.8) is 0 Å². The van der Waals surface area contributed by atoms with Crippen molar-refractivity contribution in [2.24, 2.45) is 0 Å². The van der Waals surface area contributed by atoms with Crippen molar-refractivity contribution in [2.75, 3.05) is 6.54 Å². The zero-order chi connectivity index (χ0) is 19.5. The predicted octanol–water partition coefficient (Wildman–Crippen LogP) is 3.73. The van der Waals surface area contributed by atoms with Crippen LogP contribution in [0, 0.1) is 13.8 Å². The number of carbonyl (C=O) groups is 1. The molecule has 0 fully saturated rings. The van der Waals surface area contributed by atoms with Crippen molar-refractivity contribution < 1.29 is 4.79 Å². The zero-order valence-corrected chi connectivity index (χ0v) is 16.1. The number of amides is 1. The van der Waals surface area contributed by atoms with Gasteiger partial charge in [0, 0.05) is 18.1 Å². The Balaban J connectivity index is 1.35. The molecule has 142 valence electrons. The Morgan fingerprint density at radius 1 is 1.14 bits per heavy atom. The van der Waals surface area contributed by atoms with Gasteiger partial charge in [-0.3, -0.25) is 9.89 Å². The number of aromatic amines is 1. The molecule has 4 rings (SSSR count). The van der Waals surface area contributed by atoms with Crippen molar-refractivity contribution in [3.05, 3.63) is 77.2 Å². The first-order chi connectivity index (χ1) is 13.6. The van der Waals surface area contributed by atoms with Crippen LogP contribution in [0.5, 0.6) is 0 Å². The molecule has 0 aliphatic rings. The molecule has 2 heterocycles. The predicted molar refractivity (Wildman–Crippen MR) is 110 cm³/mol. The fourth-order valence-corrected chi connectivity index (χ4v) is 3.32. The van der Waals surface area contributed by atoms with Gasteiger partial charge in [0.1, 0.15) is 0 Å². The van der Waals surface area contributed by atoms with Crippen LogP contribution >= 0.6 is 0 Å². The fourth-order valence-electron chi connectivity index (χ4n) is 3.32. The zero-order valence-electron chi connectivity index (χ0n) is 16.1. The molecule has 0 radical (unpaired) electrons. The number of fused-ring (bicyclic) bond motifs is 1. The van der Waals surface area contributed by atoms with Crippen molar-refractivity contribution >= 4 is 16.8 Å². The van der Waals surface area contributed by atoms with Gasteiger partial charge >= 0.3 is 0 Å². The van der Waals surface area contributed by atoms with Gasteiger partial charge in [0.05, 0.1) is 16.9 Å². The molecule has 0 aliphatic carbocycles. The van der Waals surface area contributed by atoms with Gasteiger partial charge < -0.3 is 5.32 Å². The number of hydrogen-bond donors (Lipinski definition) is 2. The summed E-state index contributed by atoms with van der Waals surface area (Å²) in [5.41, 5.74) is 5.69. The molecule has 0 bridgehead atoms. The third kappa shape index (κ3) is 3.67. The highest BCUT2D eigenvalue weighted by molar-refractivity contribution is 6.04. The van der Waals surface area contributed by atoms with Gasteiger partial charge in [-0.05, 0) is 56.5 Å². The molecule has 6 heteroatoms. The molecular weight excluding hydrogens is 350 g/mol. The Morgan fingerprint density at radius 2 is 1.96 bits per heavy atom. The third-order valence-electron chi connectivity index (χ3n) is 4.86. The standard InChI is InChI=1S/C22H23N5O/c1-15-10-11-20-19(13-15)21(25-24-20)22(28)23-12-6-7-17-14-27(26-16(17)2)18-8-4-3-5-9-18/h3-5,8-11,13-14H,6-7,12H2,1-2H3,(H,23,28)(H,24,25). The Labute approximate surface area is 163 Å². The normalized spacial score (nSPS) is 11.1. The van der Waals surface area contributed by atoms with E-state index in [0.717, 1.165) is 40.7 Å². The third-order valence-corrected chi connectivity index (χ3v) is 4.86. The van der Waals surface area contributed by atoms with Gasteiger partial charge in [0.25, 0.3) is 5.91 Å². The topological polar surface area (TPSA) is 75.6 Å². The molecule has 0 unspecified atom stereocenters. The molecule has 2 aromatic heterocycles. The van der Waals surface area contributed by atoms with E-state index >= 15 is 0 Å². The number of aryl methyl sites for hydroxylation is 3. The van der Waals surface area contributed by atoms with Gasteiger partial charge in [-0.1, -0.05) is 29.8 Å². The Bertz CT molecular complexity index is 1110. The van der Waals surface area contributed by atoms with Gasteiger partial charge in [0.15, 0.2) is 5.69 Å². The van der Waals surface area contributed by atoms with Gasteiger partial charge in [-0.2, -0.15) is 10.2 Å². The van der Waals surface area contributed by atoms with E-state index < -0.39 is 0 Å². The van der Waals surface area contributed by atoms with E-state index in [4.69, 9.17) is 0 Å². The molecule has 1 amide bonds. The fraction of sp³-hybridized carbons (Fsp3) is 0.227. The lowest BCUT2D eigenvalue weighted by Crippen LogP contribution is -2.25. The largest absolute Gasteiger partial charge is 0.351 e. The molecule has 0 aliphatic heterocycles. The van der Waals surface area contributed by atoms with E-state index in [-0.39, 0.29) is 5.91 Å². The number of aromatic nitrogens is 4. The van der Waals surface area contributed by atoms with Crippen molar-refractivity contribution in [1.29, 1.82) is 0 Å². The number of hydrogen-bond acceptors (Lipinski definition) is 3. The van der Waals surface area contributed by atoms with Gasteiger partial charge in [-0.25, -0.2) is 4.68 Å². The van der Waals surface area contributed by atoms with Crippen molar-refractivity contribution in [1.82, 2.24) is 25.3 Å². The molecule has 28 heavy (non-hydrogen) atoms. The Hall–Kier alpha value is -3.41. The lowest BCUT2D eigenvalue weighted by Gasteiger charge is -2.04. The van der Waals surface area contributed by atoms with E-state index in [9.17, 15) is 4.79 Å². The maximum absolute atomic E-state index is 12.5. The van der Waals surface area contributed by atoms with Crippen LogP contribution in [0.4, 0.5) is 0 Å². The number of nitrogens with zero attached hydrogens (tertiary/aromatic N) is 3. The highest BCUT2D eigenvalue weighted by atomic mass is 16.1. The van der Waals surface area contributed by atoms with E-state index in [1.165, 1.54) is 5.56 Å². The number of rotatable bonds is 6. The number of benzene rings is 2. The average Bonchev–Trinajstić information content (AvgIpc) is 3.29. The summed E-state index contributed by atoms with van der Waals surface area (Å²) in [6, 6.07) is 16.0. The molecule has 0 atom stereocenters. The minimum atomic E-state index is -0.145. The van der Waals surface area contributed by atoms with Gasteiger partial charge in [-0.15, -0.1) is 0 Å². The molecule has 2 aromatic carbocycles. The molecule has 4 aromatic rings. The van der Waals surface area contributed by atoms with E-state index in [1.807, 2.05) is 67.1 Å². The molecule has 2 N–H and O–H groups in total. The van der Waals surface area contributed by atoms with E-state index in [1.54, 1.807) is 0 Å². The number of para-hydroxylation sites is 1. The Morgan fingerprint density at radius 3 is 2.79 bits per heavy atom. The van der Waals surface area contributed by atoms with E-state index in [2.05, 4.69) is 26.8 Å². The second-order valence-corrected chi connectivity index (χ2v) is 7.00. The molecule has 6 nitrogen and oxygen atoms in total. The smallest absolute Gasteiger partial charge is 0.272 e. The summed E-state index contributed by atoms with van der Waals surface area (Å²) in [7, 11) is 0. The van der Waals surface area contributed by atoms with Crippen LogP contribution in [-0.4, -0.2) is 32.4 Å². The first kappa shape index (κ1) is 18.0. The van der Waals surface area contributed by atoms with Gasteiger partial charge in [0.2, 0.25) is 0 Å². The van der Waals surface area contributed by atoms with Crippen LogP contribution in [-0.2, 0) is 6.42 Å². The second-order valence-electron chi connectivity index (χ2n) is 7.00. The summed E-state index contributed by atoms with van der Waals surface area (Å²) >= 11 is 0. The maximum atomic E-state index is 12.5. The summed E-state index contributed by atoms with van der Waals surface area (Å²) < 4.78 is 1.90. The SMILES string of the molecule is Cc1ccc2[nH]nc(C(=O)NCCCc3cn(-c4ccccc4)nc3C)c2c1. The highest BCUT2D eigenvalue weighted by Crippen LogP contribution is 2.17. The summed E-state index contributed by atoms with van der Waals surface area (Å²) in [5.74, 6) is -0.145.